The molecule has 1 atom stereocenters. The first-order valence-electron chi connectivity index (χ1n) is 9.21. The van der Waals surface area contributed by atoms with Crippen LogP contribution in [0.15, 0.2) is 47.1 Å². The monoisotopic (exact) mass is 414 g/mol. The normalized spacial score (nSPS) is 20.5. The van der Waals surface area contributed by atoms with E-state index in [0.717, 1.165) is 35.6 Å². The number of carbonyl (C=O) groups excluding carboxylic acids is 1. The second kappa shape index (κ2) is 7.76. The fourth-order valence-electron chi connectivity index (χ4n) is 3.91. The summed E-state index contributed by atoms with van der Waals surface area (Å²) >= 11 is 3.41. The van der Waals surface area contributed by atoms with Crippen molar-refractivity contribution in [3.8, 4) is 0 Å². The molecule has 6 heteroatoms. The molecule has 2 aromatic rings. The number of hydrogen-bond acceptors (Lipinski definition) is 4. The third-order valence-corrected chi connectivity index (χ3v) is 5.80. The van der Waals surface area contributed by atoms with Crippen LogP contribution in [-0.2, 0) is 0 Å². The van der Waals surface area contributed by atoms with Crippen molar-refractivity contribution in [1.29, 1.82) is 0 Å². The largest absolute Gasteiger partial charge is 0.353 e. The number of nitrogens with zero attached hydrogens (tertiary/aromatic N) is 3. The Labute approximate surface area is 162 Å². The lowest BCUT2D eigenvalue weighted by atomic mass is 9.99. The van der Waals surface area contributed by atoms with Crippen LogP contribution in [0.25, 0.3) is 0 Å². The van der Waals surface area contributed by atoms with E-state index in [1.807, 2.05) is 36.4 Å². The summed E-state index contributed by atoms with van der Waals surface area (Å²) in [5.74, 6) is 0.689. The topological polar surface area (TPSA) is 48.5 Å². The number of piperazine rings is 1. The Hall–Kier alpha value is -1.92. The number of aromatic nitrogens is 1. The Morgan fingerprint density at radius 3 is 2.81 bits per heavy atom. The van der Waals surface area contributed by atoms with E-state index in [1.165, 1.54) is 25.8 Å². The lowest BCUT2D eigenvalue weighted by Crippen LogP contribution is -2.55. The molecule has 0 bridgehead atoms. The third kappa shape index (κ3) is 3.76. The molecule has 0 spiro atoms. The smallest absolute Gasteiger partial charge is 0.259 e. The summed E-state index contributed by atoms with van der Waals surface area (Å²) in [5, 5.41) is 2.98. The fourth-order valence-corrected chi connectivity index (χ4v) is 4.17. The molecule has 0 radical (unpaired) electrons. The quantitative estimate of drug-likeness (QED) is 0.829. The molecule has 1 amide bonds. The van der Waals surface area contributed by atoms with Gasteiger partial charge in [0.25, 0.3) is 5.91 Å². The number of nitrogens with one attached hydrogen (secondary N) is 1. The van der Waals surface area contributed by atoms with Gasteiger partial charge in [-0.1, -0.05) is 22.4 Å². The molecule has 1 aromatic heterocycles. The van der Waals surface area contributed by atoms with E-state index >= 15 is 0 Å². The summed E-state index contributed by atoms with van der Waals surface area (Å²) < 4.78 is 0.989. The zero-order valence-electron chi connectivity index (χ0n) is 14.7. The molecule has 1 N–H and O–H groups in total. The van der Waals surface area contributed by atoms with Gasteiger partial charge in [0, 0.05) is 42.0 Å². The Balaban J connectivity index is 1.52. The van der Waals surface area contributed by atoms with E-state index in [4.69, 9.17) is 0 Å². The maximum Gasteiger partial charge on any atom is 0.259 e. The SMILES string of the molecule is O=C(Nc1ccc(Br)cc1)c1cccnc1N1CCN2CCCCC2C1. The summed E-state index contributed by atoms with van der Waals surface area (Å²) in [6.07, 6.45) is 5.62. The lowest BCUT2D eigenvalue weighted by molar-refractivity contribution is 0.102. The van der Waals surface area contributed by atoms with E-state index in [-0.39, 0.29) is 5.91 Å². The first kappa shape index (κ1) is 17.5. The molecule has 2 aliphatic heterocycles. The number of piperidine rings is 1. The van der Waals surface area contributed by atoms with Crippen molar-refractivity contribution in [1.82, 2.24) is 9.88 Å². The number of anilines is 2. The van der Waals surface area contributed by atoms with E-state index in [2.05, 4.69) is 36.0 Å². The second-order valence-corrected chi connectivity index (χ2v) is 7.88. The highest BCUT2D eigenvalue weighted by Gasteiger charge is 2.30. The highest BCUT2D eigenvalue weighted by Crippen LogP contribution is 2.26. The minimum Gasteiger partial charge on any atom is -0.353 e. The van der Waals surface area contributed by atoms with Gasteiger partial charge in [-0.2, -0.15) is 0 Å². The van der Waals surface area contributed by atoms with Gasteiger partial charge < -0.3 is 10.2 Å². The molecule has 1 unspecified atom stereocenters. The molecule has 136 valence electrons. The van der Waals surface area contributed by atoms with Crippen LogP contribution < -0.4 is 10.2 Å². The van der Waals surface area contributed by atoms with Crippen molar-refractivity contribution >= 4 is 33.3 Å². The Kier molecular flexibility index (Phi) is 5.22. The minimum atomic E-state index is -0.110. The van der Waals surface area contributed by atoms with Gasteiger partial charge in [0.1, 0.15) is 5.82 Å². The number of fused-ring (bicyclic) bond motifs is 1. The first-order chi connectivity index (χ1) is 12.7. The van der Waals surface area contributed by atoms with Crippen molar-refractivity contribution in [3.05, 3.63) is 52.6 Å². The average Bonchev–Trinajstić information content (AvgIpc) is 2.69. The van der Waals surface area contributed by atoms with Crippen LogP contribution in [0, 0.1) is 0 Å². The van der Waals surface area contributed by atoms with Gasteiger partial charge in [-0.25, -0.2) is 4.98 Å². The Morgan fingerprint density at radius 2 is 1.96 bits per heavy atom. The predicted molar refractivity (Wildman–Crippen MR) is 108 cm³/mol. The van der Waals surface area contributed by atoms with Crippen molar-refractivity contribution in [2.45, 2.75) is 25.3 Å². The van der Waals surface area contributed by atoms with Gasteiger partial charge in [-0.05, 0) is 55.8 Å². The highest BCUT2D eigenvalue weighted by molar-refractivity contribution is 9.10. The molecule has 2 aliphatic rings. The van der Waals surface area contributed by atoms with E-state index in [9.17, 15) is 4.79 Å². The maximum atomic E-state index is 12.8. The number of benzene rings is 1. The first-order valence-corrected chi connectivity index (χ1v) is 10.0. The Morgan fingerprint density at radius 1 is 1.12 bits per heavy atom. The summed E-state index contributed by atoms with van der Waals surface area (Å²) in [6.45, 7) is 4.13. The molecule has 4 rings (SSSR count). The van der Waals surface area contributed by atoms with Crippen LogP contribution in [-0.4, -0.2) is 48.0 Å². The van der Waals surface area contributed by atoms with Gasteiger partial charge in [-0.15, -0.1) is 0 Å². The van der Waals surface area contributed by atoms with Gasteiger partial charge in [0.2, 0.25) is 0 Å². The van der Waals surface area contributed by atoms with Crippen molar-refractivity contribution < 1.29 is 4.79 Å². The maximum absolute atomic E-state index is 12.8. The van der Waals surface area contributed by atoms with Crippen LogP contribution in [0.5, 0.6) is 0 Å². The molecule has 3 heterocycles. The van der Waals surface area contributed by atoms with Crippen LogP contribution in [0.3, 0.4) is 0 Å². The van der Waals surface area contributed by atoms with Gasteiger partial charge in [0.15, 0.2) is 0 Å². The van der Waals surface area contributed by atoms with Crippen molar-refractivity contribution in [3.63, 3.8) is 0 Å². The molecule has 2 saturated heterocycles. The molecule has 26 heavy (non-hydrogen) atoms. The van der Waals surface area contributed by atoms with Gasteiger partial charge in [0.05, 0.1) is 5.56 Å². The summed E-state index contributed by atoms with van der Waals surface area (Å²) in [4.78, 5) is 22.3. The van der Waals surface area contributed by atoms with Gasteiger partial charge in [-0.3, -0.25) is 9.69 Å². The zero-order chi connectivity index (χ0) is 17.9. The number of halogens is 1. The summed E-state index contributed by atoms with van der Waals surface area (Å²) in [7, 11) is 0. The Bertz CT molecular complexity index is 780. The average molecular weight is 415 g/mol. The van der Waals surface area contributed by atoms with Gasteiger partial charge >= 0.3 is 0 Å². The third-order valence-electron chi connectivity index (χ3n) is 5.27. The summed E-state index contributed by atoms with van der Waals surface area (Å²) in [5.41, 5.74) is 1.42. The zero-order valence-corrected chi connectivity index (χ0v) is 16.3. The molecular formula is C20H23BrN4O. The van der Waals surface area contributed by atoms with Crippen LogP contribution in [0.4, 0.5) is 11.5 Å². The van der Waals surface area contributed by atoms with Crippen LogP contribution in [0.2, 0.25) is 0 Å². The minimum absolute atomic E-state index is 0.110. The molecule has 2 fully saturated rings. The number of carbonyl (C=O) groups is 1. The standard InChI is InChI=1S/C20H23BrN4O/c21-15-6-8-16(9-7-15)23-20(26)18-5-3-10-22-19(18)25-13-12-24-11-2-1-4-17(24)14-25/h3,5-10,17H,1-2,4,11-14H2,(H,23,26). The van der Waals surface area contributed by atoms with E-state index < -0.39 is 0 Å². The molecule has 0 saturated carbocycles. The molecule has 1 aromatic carbocycles. The number of rotatable bonds is 3. The predicted octanol–water partition coefficient (Wildman–Crippen LogP) is 3.77. The van der Waals surface area contributed by atoms with Crippen LogP contribution >= 0.6 is 15.9 Å². The fraction of sp³-hybridized carbons (Fsp3) is 0.400. The summed E-state index contributed by atoms with van der Waals surface area (Å²) in [6, 6.07) is 11.9. The van der Waals surface area contributed by atoms with E-state index in [1.54, 1.807) is 6.20 Å². The molecular weight excluding hydrogens is 392 g/mol. The second-order valence-electron chi connectivity index (χ2n) is 6.97. The molecule has 0 aliphatic carbocycles. The van der Waals surface area contributed by atoms with Crippen molar-refractivity contribution in [2.24, 2.45) is 0 Å². The number of amides is 1. The number of hydrogen-bond donors (Lipinski definition) is 1. The lowest BCUT2D eigenvalue weighted by Gasteiger charge is -2.44. The number of pyridine rings is 1. The van der Waals surface area contributed by atoms with Crippen molar-refractivity contribution in [2.75, 3.05) is 36.4 Å². The highest BCUT2D eigenvalue weighted by atomic mass is 79.9. The van der Waals surface area contributed by atoms with E-state index in [0.29, 0.717) is 11.6 Å². The van der Waals surface area contributed by atoms with Crippen LogP contribution in [0.1, 0.15) is 29.6 Å². The molecule has 5 nitrogen and oxygen atoms in total.